The number of hydrogen-bond acceptors (Lipinski definition) is 3. The number of H-pyrrole nitrogens is 1. The van der Waals surface area contributed by atoms with Crippen molar-refractivity contribution in [1.82, 2.24) is 14.7 Å². The first-order chi connectivity index (χ1) is 8.09. The highest BCUT2D eigenvalue weighted by Gasteiger charge is 2.15. The molecule has 0 aliphatic heterocycles. The first-order valence-corrected chi connectivity index (χ1v) is 6.60. The van der Waals surface area contributed by atoms with Crippen molar-refractivity contribution in [1.29, 1.82) is 0 Å². The Bertz CT molecular complexity index is 591. The molecule has 6 heteroatoms. The van der Waals surface area contributed by atoms with Crippen LogP contribution in [0.2, 0.25) is 0 Å². The standard InChI is InChI=1S/C11H13N3O2S/c1-9-4-2-3-5-11(9)17(15,16)14-7-10-6-12-8-13-10/h2-6,8,14H,7H2,1H3,(H,12,13). The minimum atomic E-state index is -3.46. The van der Waals surface area contributed by atoms with Crippen LogP contribution >= 0.6 is 0 Å². The van der Waals surface area contributed by atoms with Crippen LogP contribution < -0.4 is 4.72 Å². The first-order valence-electron chi connectivity index (χ1n) is 5.12. The molecule has 0 bridgehead atoms. The lowest BCUT2D eigenvalue weighted by Crippen LogP contribution is -2.24. The highest BCUT2D eigenvalue weighted by molar-refractivity contribution is 7.89. The van der Waals surface area contributed by atoms with Gasteiger partial charge in [-0.15, -0.1) is 0 Å². The molecular weight excluding hydrogens is 238 g/mol. The van der Waals surface area contributed by atoms with E-state index in [-0.39, 0.29) is 6.54 Å². The van der Waals surface area contributed by atoms with Crippen LogP contribution in [0.4, 0.5) is 0 Å². The second-order valence-electron chi connectivity index (χ2n) is 3.67. The second-order valence-corrected chi connectivity index (χ2v) is 5.40. The summed E-state index contributed by atoms with van der Waals surface area (Å²) in [5.74, 6) is 0. The van der Waals surface area contributed by atoms with Gasteiger partial charge in [-0.25, -0.2) is 18.1 Å². The second kappa shape index (κ2) is 4.68. The van der Waals surface area contributed by atoms with Crippen molar-refractivity contribution in [2.24, 2.45) is 0 Å². The molecule has 0 unspecified atom stereocenters. The third-order valence-corrected chi connectivity index (χ3v) is 3.95. The molecule has 0 radical (unpaired) electrons. The molecule has 0 atom stereocenters. The number of nitrogens with zero attached hydrogens (tertiary/aromatic N) is 1. The zero-order valence-electron chi connectivity index (χ0n) is 9.34. The lowest BCUT2D eigenvalue weighted by Gasteiger charge is -2.07. The fourth-order valence-corrected chi connectivity index (χ4v) is 2.74. The summed E-state index contributed by atoms with van der Waals surface area (Å²) in [5, 5.41) is 0. The van der Waals surface area contributed by atoms with Crippen molar-refractivity contribution in [2.75, 3.05) is 0 Å². The van der Waals surface area contributed by atoms with E-state index in [4.69, 9.17) is 0 Å². The van der Waals surface area contributed by atoms with Crippen LogP contribution in [-0.2, 0) is 16.6 Å². The van der Waals surface area contributed by atoms with Gasteiger partial charge in [-0.3, -0.25) is 0 Å². The van der Waals surface area contributed by atoms with Crippen molar-refractivity contribution in [3.05, 3.63) is 48.0 Å². The van der Waals surface area contributed by atoms with Crippen LogP contribution in [0.1, 0.15) is 11.3 Å². The van der Waals surface area contributed by atoms with E-state index in [1.54, 1.807) is 31.3 Å². The van der Waals surface area contributed by atoms with E-state index < -0.39 is 10.0 Å². The van der Waals surface area contributed by atoms with Crippen molar-refractivity contribution < 1.29 is 8.42 Å². The normalized spacial score (nSPS) is 11.6. The maximum Gasteiger partial charge on any atom is 0.241 e. The Balaban J connectivity index is 2.17. The fourth-order valence-electron chi connectivity index (χ4n) is 1.49. The molecule has 0 amide bonds. The number of aromatic amines is 1. The van der Waals surface area contributed by atoms with Crippen molar-refractivity contribution in [2.45, 2.75) is 18.4 Å². The summed E-state index contributed by atoms with van der Waals surface area (Å²) in [6, 6.07) is 6.87. The highest BCUT2D eigenvalue weighted by atomic mass is 32.2. The van der Waals surface area contributed by atoms with Crippen LogP contribution in [0.15, 0.2) is 41.7 Å². The molecule has 2 rings (SSSR count). The zero-order chi connectivity index (χ0) is 12.3. The maximum atomic E-state index is 12.0. The highest BCUT2D eigenvalue weighted by Crippen LogP contribution is 2.13. The number of rotatable bonds is 4. The van der Waals surface area contributed by atoms with E-state index in [2.05, 4.69) is 14.7 Å². The van der Waals surface area contributed by atoms with Gasteiger partial charge in [0.15, 0.2) is 0 Å². The van der Waals surface area contributed by atoms with Crippen molar-refractivity contribution in [3.63, 3.8) is 0 Å². The molecular formula is C11H13N3O2S. The Morgan fingerprint density at radius 3 is 2.76 bits per heavy atom. The van der Waals surface area contributed by atoms with Crippen LogP contribution in [0.3, 0.4) is 0 Å². The molecule has 1 aromatic carbocycles. The van der Waals surface area contributed by atoms with Crippen LogP contribution in [0.25, 0.3) is 0 Å². The number of benzene rings is 1. The molecule has 2 N–H and O–H groups in total. The first kappa shape index (κ1) is 11.8. The van der Waals surface area contributed by atoms with Gasteiger partial charge in [0, 0.05) is 11.9 Å². The van der Waals surface area contributed by atoms with Crippen LogP contribution in [-0.4, -0.2) is 18.4 Å². The van der Waals surface area contributed by atoms with E-state index in [0.29, 0.717) is 4.90 Å². The molecule has 0 saturated carbocycles. The summed E-state index contributed by atoms with van der Waals surface area (Å²) in [6.45, 7) is 1.97. The predicted molar refractivity (Wildman–Crippen MR) is 63.8 cm³/mol. The Labute approximate surface area is 100.0 Å². The maximum absolute atomic E-state index is 12.0. The van der Waals surface area contributed by atoms with Gasteiger partial charge in [-0.05, 0) is 18.6 Å². The molecule has 0 aliphatic rings. The zero-order valence-corrected chi connectivity index (χ0v) is 10.2. The minimum Gasteiger partial charge on any atom is -0.347 e. The van der Waals surface area contributed by atoms with E-state index >= 15 is 0 Å². The molecule has 0 fully saturated rings. The third kappa shape index (κ3) is 2.72. The summed E-state index contributed by atoms with van der Waals surface area (Å²) in [5.41, 5.74) is 1.45. The summed E-state index contributed by atoms with van der Waals surface area (Å²) >= 11 is 0. The summed E-state index contributed by atoms with van der Waals surface area (Å²) in [4.78, 5) is 6.97. The van der Waals surface area contributed by atoms with Gasteiger partial charge >= 0.3 is 0 Å². The van der Waals surface area contributed by atoms with Gasteiger partial charge in [0.05, 0.1) is 17.8 Å². The predicted octanol–water partition coefficient (Wildman–Crippen LogP) is 1.20. The number of imidazole rings is 1. The molecule has 1 aromatic heterocycles. The third-order valence-electron chi connectivity index (χ3n) is 2.39. The summed E-state index contributed by atoms with van der Waals surface area (Å²) in [7, 11) is -3.46. The Hall–Kier alpha value is -1.66. The van der Waals surface area contributed by atoms with Crippen LogP contribution in [0.5, 0.6) is 0 Å². The van der Waals surface area contributed by atoms with E-state index in [0.717, 1.165) is 11.3 Å². The number of aryl methyl sites for hydroxylation is 1. The molecule has 0 aliphatic carbocycles. The average molecular weight is 251 g/mol. The lowest BCUT2D eigenvalue weighted by molar-refractivity contribution is 0.580. The number of hydrogen-bond donors (Lipinski definition) is 2. The monoisotopic (exact) mass is 251 g/mol. The van der Waals surface area contributed by atoms with Gasteiger partial charge in [-0.2, -0.15) is 0 Å². The smallest absolute Gasteiger partial charge is 0.241 e. The largest absolute Gasteiger partial charge is 0.347 e. The summed E-state index contributed by atoms with van der Waals surface area (Å²) < 4.78 is 26.5. The number of sulfonamides is 1. The van der Waals surface area contributed by atoms with Crippen molar-refractivity contribution >= 4 is 10.0 Å². The Kier molecular flexibility index (Phi) is 3.26. The van der Waals surface area contributed by atoms with E-state index in [1.807, 2.05) is 6.07 Å². The molecule has 2 aromatic rings. The quantitative estimate of drug-likeness (QED) is 0.857. The molecule has 17 heavy (non-hydrogen) atoms. The molecule has 0 spiro atoms. The Morgan fingerprint density at radius 2 is 2.12 bits per heavy atom. The van der Waals surface area contributed by atoms with Gasteiger partial charge in [0.1, 0.15) is 0 Å². The summed E-state index contributed by atoms with van der Waals surface area (Å²) in [6.07, 6.45) is 3.10. The van der Waals surface area contributed by atoms with Gasteiger partial charge < -0.3 is 4.98 Å². The Morgan fingerprint density at radius 1 is 1.35 bits per heavy atom. The average Bonchev–Trinajstić information content (AvgIpc) is 2.80. The van der Waals surface area contributed by atoms with Crippen molar-refractivity contribution in [3.8, 4) is 0 Å². The fraction of sp³-hybridized carbons (Fsp3) is 0.182. The SMILES string of the molecule is Cc1ccccc1S(=O)(=O)NCc1cnc[nH]1. The van der Waals surface area contributed by atoms with E-state index in [1.165, 1.54) is 6.33 Å². The van der Waals surface area contributed by atoms with Crippen LogP contribution in [0, 0.1) is 6.92 Å². The number of aromatic nitrogens is 2. The molecule has 0 saturated heterocycles. The molecule has 1 heterocycles. The lowest BCUT2D eigenvalue weighted by atomic mass is 10.2. The van der Waals surface area contributed by atoms with Gasteiger partial charge in [-0.1, -0.05) is 18.2 Å². The topological polar surface area (TPSA) is 74.8 Å². The van der Waals surface area contributed by atoms with E-state index in [9.17, 15) is 8.42 Å². The van der Waals surface area contributed by atoms with Gasteiger partial charge in [0.25, 0.3) is 0 Å². The number of nitrogens with one attached hydrogen (secondary N) is 2. The van der Waals surface area contributed by atoms with Gasteiger partial charge in [0.2, 0.25) is 10.0 Å². The molecule has 90 valence electrons. The minimum absolute atomic E-state index is 0.205. The molecule has 5 nitrogen and oxygen atoms in total.